The van der Waals surface area contributed by atoms with Crippen LogP contribution < -0.4 is 10.1 Å². The van der Waals surface area contributed by atoms with Crippen LogP contribution >= 0.6 is 0 Å². The van der Waals surface area contributed by atoms with Gasteiger partial charge in [0.15, 0.2) is 0 Å². The lowest BCUT2D eigenvalue weighted by Crippen LogP contribution is -2.30. The van der Waals surface area contributed by atoms with Crippen molar-refractivity contribution in [3.05, 3.63) is 29.8 Å². The van der Waals surface area contributed by atoms with E-state index in [0.29, 0.717) is 12.3 Å². The normalized spacial score (nSPS) is 14.5. The Balaban J connectivity index is 2.41. The molecule has 3 nitrogen and oxygen atoms in total. The van der Waals surface area contributed by atoms with Crippen LogP contribution in [0.2, 0.25) is 0 Å². The van der Waals surface area contributed by atoms with E-state index in [0.717, 1.165) is 5.56 Å². The summed E-state index contributed by atoms with van der Waals surface area (Å²) in [6.07, 6.45) is 1.66. The molecule has 6 heteroatoms. The van der Waals surface area contributed by atoms with Crippen LogP contribution in [-0.4, -0.2) is 28.9 Å². The van der Waals surface area contributed by atoms with E-state index in [1.54, 1.807) is 18.4 Å². The van der Waals surface area contributed by atoms with Crippen LogP contribution in [0.25, 0.3) is 0 Å². The Morgan fingerprint density at radius 3 is 2.44 bits per heavy atom. The van der Waals surface area contributed by atoms with E-state index in [-0.39, 0.29) is 11.8 Å². The van der Waals surface area contributed by atoms with Crippen LogP contribution in [0, 0.1) is 0 Å². The van der Waals surface area contributed by atoms with Crippen molar-refractivity contribution >= 4 is 10.8 Å². The Hall–Kier alpha value is -1.01. The van der Waals surface area contributed by atoms with Crippen LogP contribution in [0.5, 0.6) is 5.75 Å². The largest absolute Gasteiger partial charge is 0.435 e. The molecule has 0 spiro atoms. The van der Waals surface area contributed by atoms with Gasteiger partial charge in [-0.2, -0.15) is 8.78 Å². The van der Waals surface area contributed by atoms with Crippen molar-refractivity contribution < 1.29 is 17.7 Å². The van der Waals surface area contributed by atoms with Crippen LogP contribution in [-0.2, 0) is 17.3 Å². The van der Waals surface area contributed by atoms with Gasteiger partial charge < -0.3 is 10.1 Å². The first-order chi connectivity index (χ1) is 8.47. The fourth-order valence-electron chi connectivity index (χ4n) is 1.49. The molecule has 2 atom stereocenters. The lowest BCUT2D eigenvalue weighted by atomic mass is 10.2. The van der Waals surface area contributed by atoms with Crippen molar-refractivity contribution in [1.29, 1.82) is 0 Å². The lowest BCUT2D eigenvalue weighted by Gasteiger charge is -2.12. The Kier molecular flexibility index (Phi) is 6.21. The van der Waals surface area contributed by atoms with E-state index < -0.39 is 17.4 Å². The third-order valence-electron chi connectivity index (χ3n) is 2.29. The SMILES string of the molecule is CC(CS(C)=O)NCc1ccc(OC(F)F)cc1. The molecule has 0 fully saturated rings. The number of hydrogen-bond acceptors (Lipinski definition) is 3. The second-order valence-electron chi connectivity index (χ2n) is 4.04. The highest BCUT2D eigenvalue weighted by Gasteiger charge is 2.05. The minimum absolute atomic E-state index is 0.146. The maximum absolute atomic E-state index is 11.9. The predicted molar refractivity (Wildman–Crippen MR) is 68.3 cm³/mol. The van der Waals surface area contributed by atoms with Gasteiger partial charge in [-0.05, 0) is 24.6 Å². The molecule has 0 aromatic heterocycles. The van der Waals surface area contributed by atoms with E-state index in [9.17, 15) is 13.0 Å². The Morgan fingerprint density at radius 1 is 1.33 bits per heavy atom. The first-order valence-electron chi connectivity index (χ1n) is 5.54. The van der Waals surface area contributed by atoms with Gasteiger partial charge in [-0.3, -0.25) is 4.21 Å². The number of nitrogens with one attached hydrogen (secondary N) is 1. The zero-order valence-electron chi connectivity index (χ0n) is 10.4. The number of hydrogen-bond donors (Lipinski definition) is 1. The molecule has 0 aliphatic carbocycles. The molecule has 1 rings (SSSR count). The summed E-state index contributed by atoms with van der Waals surface area (Å²) in [6, 6.07) is 6.60. The minimum atomic E-state index is -2.80. The molecule has 0 aliphatic rings. The third-order valence-corrected chi connectivity index (χ3v) is 3.26. The van der Waals surface area contributed by atoms with Crippen LogP contribution in [0.1, 0.15) is 12.5 Å². The molecule has 18 heavy (non-hydrogen) atoms. The summed E-state index contributed by atoms with van der Waals surface area (Å²) in [6.45, 7) is -0.239. The van der Waals surface area contributed by atoms with Gasteiger partial charge >= 0.3 is 6.61 Å². The molecule has 0 heterocycles. The Morgan fingerprint density at radius 2 is 1.94 bits per heavy atom. The fraction of sp³-hybridized carbons (Fsp3) is 0.500. The fourth-order valence-corrected chi connectivity index (χ4v) is 2.31. The van der Waals surface area contributed by atoms with E-state index >= 15 is 0 Å². The number of benzene rings is 1. The second-order valence-corrected chi connectivity index (χ2v) is 5.52. The van der Waals surface area contributed by atoms with E-state index in [4.69, 9.17) is 0 Å². The maximum Gasteiger partial charge on any atom is 0.387 e. The first kappa shape index (κ1) is 15.0. The van der Waals surface area contributed by atoms with Crippen molar-refractivity contribution in [2.75, 3.05) is 12.0 Å². The summed E-state index contributed by atoms with van der Waals surface area (Å²) in [5.74, 6) is 0.739. The number of halogens is 2. The van der Waals surface area contributed by atoms with Gasteiger partial charge in [-0.25, -0.2) is 0 Å². The topological polar surface area (TPSA) is 38.3 Å². The molecule has 0 aliphatic heterocycles. The highest BCUT2D eigenvalue weighted by atomic mass is 32.2. The zero-order chi connectivity index (χ0) is 13.5. The van der Waals surface area contributed by atoms with Crippen molar-refractivity contribution in [3.8, 4) is 5.75 Å². The highest BCUT2D eigenvalue weighted by Crippen LogP contribution is 2.14. The van der Waals surface area contributed by atoms with E-state index in [1.807, 2.05) is 6.92 Å². The van der Waals surface area contributed by atoms with Gasteiger partial charge in [-0.1, -0.05) is 12.1 Å². The van der Waals surface area contributed by atoms with Crippen molar-refractivity contribution in [3.63, 3.8) is 0 Å². The summed E-state index contributed by atoms with van der Waals surface area (Å²) in [5, 5.41) is 3.21. The standard InChI is InChI=1S/C12H17F2NO2S/c1-9(8-18(2)16)15-7-10-3-5-11(6-4-10)17-12(13)14/h3-6,9,12,15H,7-8H2,1-2H3. The molecular weight excluding hydrogens is 260 g/mol. The summed E-state index contributed by atoms with van der Waals surface area (Å²) >= 11 is 0. The molecule has 0 saturated carbocycles. The summed E-state index contributed by atoms with van der Waals surface area (Å²) in [7, 11) is -0.830. The monoisotopic (exact) mass is 277 g/mol. The quantitative estimate of drug-likeness (QED) is 0.830. The van der Waals surface area contributed by atoms with E-state index in [2.05, 4.69) is 10.1 Å². The highest BCUT2D eigenvalue weighted by molar-refractivity contribution is 7.84. The van der Waals surface area contributed by atoms with Gasteiger partial charge in [-0.15, -0.1) is 0 Å². The molecular formula is C12H17F2NO2S. The summed E-state index contributed by atoms with van der Waals surface area (Å²) in [5.41, 5.74) is 0.963. The van der Waals surface area contributed by atoms with Crippen molar-refractivity contribution in [2.45, 2.75) is 26.1 Å². The lowest BCUT2D eigenvalue weighted by molar-refractivity contribution is -0.0498. The van der Waals surface area contributed by atoms with Gasteiger partial charge in [0, 0.05) is 35.4 Å². The summed E-state index contributed by atoms with van der Waals surface area (Å²) < 4.78 is 39.1. The predicted octanol–water partition coefficient (Wildman–Crippen LogP) is 2.14. The molecule has 1 aromatic carbocycles. The second kappa shape index (κ2) is 7.43. The van der Waals surface area contributed by atoms with Crippen molar-refractivity contribution in [1.82, 2.24) is 5.32 Å². The first-order valence-corrected chi connectivity index (χ1v) is 7.27. The maximum atomic E-state index is 11.9. The molecule has 0 radical (unpaired) electrons. The molecule has 0 bridgehead atoms. The molecule has 1 N–H and O–H groups in total. The number of alkyl halides is 2. The molecule has 0 saturated heterocycles. The average Bonchev–Trinajstić information content (AvgIpc) is 2.26. The third kappa shape index (κ3) is 6.07. The Labute approximate surface area is 108 Å². The zero-order valence-corrected chi connectivity index (χ0v) is 11.2. The van der Waals surface area contributed by atoms with Gasteiger partial charge in [0.1, 0.15) is 5.75 Å². The molecule has 1 aromatic rings. The average molecular weight is 277 g/mol. The van der Waals surface area contributed by atoms with E-state index in [1.165, 1.54) is 12.1 Å². The Bertz CT molecular complexity index is 384. The minimum Gasteiger partial charge on any atom is -0.435 e. The molecule has 0 amide bonds. The van der Waals surface area contributed by atoms with Gasteiger partial charge in [0.05, 0.1) is 0 Å². The van der Waals surface area contributed by atoms with Crippen LogP contribution in [0.4, 0.5) is 8.78 Å². The van der Waals surface area contributed by atoms with Gasteiger partial charge in [0.2, 0.25) is 0 Å². The van der Waals surface area contributed by atoms with Crippen molar-refractivity contribution in [2.24, 2.45) is 0 Å². The number of ether oxygens (including phenoxy) is 1. The van der Waals surface area contributed by atoms with Crippen LogP contribution in [0.15, 0.2) is 24.3 Å². The molecule has 102 valence electrons. The van der Waals surface area contributed by atoms with Crippen LogP contribution in [0.3, 0.4) is 0 Å². The summed E-state index contributed by atoms with van der Waals surface area (Å²) in [4.78, 5) is 0. The smallest absolute Gasteiger partial charge is 0.387 e. The molecule has 2 unspecified atom stereocenters. The van der Waals surface area contributed by atoms with Gasteiger partial charge in [0.25, 0.3) is 0 Å². The number of rotatable bonds is 7.